The highest BCUT2D eigenvalue weighted by atomic mass is 16.5. The van der Waals surface area contributed by atoms with Gasteiger partial charge in [0, 0.05) is 30.2 Å². The van der Waals surface area contributed by atoms with Crippen molar-refractivity contribution in [3.63, 3.8) is 0 Å². The van der Waals surface area contributed by atoms with Gasteiger partial charge >= 0.3 is 0 Å². The molecule has 0 bridgehead atoms. The van der Waals surface area contributed by atoms with E-state index in [2.05, 4.69) is 20.3 Å². The van der Waals surface area contributed by atoms with E-state index in [0.717, 1.165) is 11.3 Å². The van der Waals surface area contributed by atoms with E-state index in [4.69, 9.17) is 9.47 Å². The van der Waals surface area contributed by atoms with Gasteiger partial charge < -0.3 is 14.8 Å². The van der Waals surface area contributed by atoms with Gasteiger partial charge in [0.05, 0.1) is 7.11 Å². The van der Waals surface area contributed by atoms with Crippen LogP contribution in [-0.2, 0) is 4.79 Å². The molecule has 0 fully saturated rings. The van der Waals surface area contributed by atoms with Gasteiger partial charge in [-0.1, -0.05) is 12.1 Å². The number of imidazole rings is 1. The maximum Gasteiger partial charge on any atom is 0.248 e. The Morgan fingerprint density at radius 2 is 1.81 bits per heavy atom. The summed E-state index contributed by atoms with van der Waals surface area (Å²) in [5.41, 5.74) is 1.55. The number of carbonyl (C=O) groups is 1. The van der Waals surface area contributed by atoms with E-state index in [9.17, 15) is 4.79 Å². The number of aromatic nitrogens is 4. The number of hydrogen-bond donors (Lipinski definition) is 1. The molecule has 1 amide bonds. The average Bonchev–Trinajstić information content (AvgIpc) is 3.35. The quantitative estimate of drug-likeness (QED) is 0.459. The number of rotatable bonds is 7. The fourth-order valence-electron chi connectivity index (χ4n) is 2.72. The lowest BCUT2D eigenvalue weighted by atomic mass is 10.2. The van der Waals surface area contributed by atoms with Crippen molar-refractivity contribution in [2.24, 2.45) is 0 Å². The minimum Gasteiger partial charge on any atom is -0.497 e. The number of nitrogens with zero attached hydrogens (tertiary/aromatic N) is 4. The number of nitrogens with one attached hydrogen (secondary N) is 1. The van der Waals surface area contributed by atoms with Crippen molar-refractivity contribution in [1.29, 1.82) is 0 Å². The molecule has 8 heteroatoms. The zero-order valence-electron chi connectivity index (χ0n) is 16.7. The van der Waals surface area contributed by atoms with Crippen LogP contribution in [0.5, 0.6) is 17.4 Å². The van der Waals surface area contributed by atoms with Crippen LogP contribution in [-0.4, -0.2) is 32.5 Å². The molecule has 4 aromatic rings. The standard InChI is InChI=1S/C23H19N5O3/c1-30-19-7-2-17(3-8-19)4-11-22(29)27-18-5-9-20(10-6-18)31-23-14-21(25-15-26-23)28-13-12-24-16-28/h2-16H,1H3,(H,27,29)/b11-4+. The number of ether oxygens (including phenoxy) is 2. The van der Waals surface area contributed by atoms with Gasteiger partial charge in [-0.05, 0) is 48.0 Å². The van der Waals surface area contributed by atoms with Crippen LogP contribution in [0.1, 0.15) is 5.56 Å². The number of benzene rings is 2. The fourth-order valence-corrected chi connectivity index (χ4v) is 2.72. The summed E-state index contributed by atoms with van der Waals surface area (Å²) in [5, 5.41) is 2.81. The number of hydrogen-bond acceptors (Lipinski definition) is 6. The topological polar surface area (TPSA) is 91.2 Å². The first-order chi connectivity index (χ1) is 15.2. The fraction of sp³-hybridized carbons (Fsp3) is 0.0435. The molecule has 0 aliphatic heterocycles. The van der Waals surface area contributed by atoms with Crippen molar-refractivity contribution < 1.29 is 14.3 Å². The van der Waals surface area contributed by atoms with Crippen LogP contribution in [0.2, 0.25) is 0 Å². The number of amides is 1. The monoisotopic (exact) mass is 413 g/mol. The van der Waals surface area contributed by atoms with Crippen LogP contribution >= 0.6 is 0 Å². The van der Waals surface area contributed by atoms with Crippen LogP contribution in [0.4, 0.5) is 5.69 Å². The molecule has 154 valence electrons. The van der Waals surface area contributed by atoms with E-state index in [0.29, 0.717) is 23.1 Å². The van der Waals surface area contributed by atoms with Crippen molar-refractivity contribution in [3.05, 3.63) is 91.3 Å². The molecule has 0 saturated carbocycles. The van der Waals surface area contributed by atoms with Crippen molar-refractivity contribution >= 4 is 17.7 Å². The largest absolute Gasteiger partial charge is 0.497 e. The van der Waals surface area contributed by atoms with Gasteiger partial charge in [-0.15, -0.1) is 0 Å². The summed E-state index contributed by atoms with van der Waals surface area (Å²) in [6.45, 7) is 0. The van der Waals surface area contributed by atoms with E-state index in [1.54, 1.807) is 66.8 Å². The molecule has 1 N–H and O–H groups in total. The van der Waals surface area contributed by atoms with Crippen LogP contribution in [0, 0.1) is 0 Å². The maximum atomic E-state index is 12.2. The minimum absolute atomic E-state index is 0.231. The Labute approximate surface area is 178 Å². The molecule has 8 nitrogen and oxygen atoms in total. The molecule has 0 aliphatic rings. The number of carbonyl (C=O) groups excluding carboxylic acids is 1. The zero-order valence-corrected chi connectivity index (χ0v) is 16.7. The molecule has 2 aromatic carbocycles. The number of anilines is 1. The smallest absolute Gasteiger partial charge is 0.248 e. The van der Waals surface area contributed by atoms with Crippen LogP contribution in [0.25, 0.3) is 11.9 Å². The SMILES string of the molecule is COc1ccc(/C=C/C(=O)Nc2ccc(Oc3cc(-n4ccnc4)ncn3)cc2)cc1. The molecule has 0 unspecified atom stereocenters. The lowest BCUT2D eigenvalue weighted by Gasteiger charge is -2.08. The zero-order chi connectivity index (χ0) is 21.5. The summed E-state index contributed by atoms with van der Waals surface area (Å²) in [5.74, 6) is 2.17. The predicted molar refractivity (Wildman–Crippen MR) is 116 cm³/mol. The summed E-state index contributed by atoms with van der Waals surface area (Å²) in [6.07, 6.45) is 9.74. The molecule has 31 heavy (non-hydrogen) atoms. The molecule has 0 saturated heterocycles. The van der Waals surface area contributed by atoms with Crippen molar-refractivity contribution in [2.75, 3.05) is 12.4 Å². The average molecular weight is 413 g/mol. The first kappa shape index (κ1) is 19.8. The Hall–Kier alpha value is -4.46. The summed E-state index contributed by atoms with van der Waals surface area (Å²) >= 11 is 0. The van der Waals surface area contributed by atoms with E-state index in [-0.39, 0.29) is 5.91 Å². The van der Waals surface area contributed by atoms with Crippen LogP contribution in [0.3, 0.4) is 0 Å². The Balaban J connectivity index is 1.35. The highest BCUT2D eigenvalue weighted by molar-refractivity contribution is 6.01. The second-order valence-corrected chi connectivity index (χ2v) is 6.41. The summed E-state index contributed by atoms with van der Waals surface area (Å²) in [7, 11) is 1.61. The summed E-state index contributed by atoms with van der Waals surface area (Å²) in [6, 6.07) is 16.2. The third-order valence-corrected chi connectivity index (χ3v) is 4.28. The Morgan fingerprint density at radius 1 is 1.03 bits per heavy atom. The number of methoxy groups -OCH3 is 1. The summed E-state index contributed by atoms with van der Waals surface area (Å²) < 4.78 is 12.7. The second kappa shape index (κ2) is 9.36. The van der Waals surface area contributed by atoms with Crippen molar-refractivity contribution in [3.8, 4) is 23.2 Å². The van der Waals surface area contributed by atoms with Gasteiger partial charge in [-0.2, -0.15) is 0 Å². The molecule has 2 heterocycles. The first-order valence-corrected chi connectivity index (χ1v) is 9.41. The normalized spacial score (nSPS) is 10.7. The van der Waals surface area contributed by atoms with Crippen molar-refractivity contribution in [1.82, 2.24) is 19.5 Å². The predicted octanol–water partition coefficient (Wildman–Crippen LogP) is 4.12. The van der Waals surface area contributed by atoms with Gasteiger partial charge in [0.15, 0.2) is 0 Å². The second-order valence-electron chi connectivity index (χ2n) is 6.41. The third-order valence-electron chi connectivity index (χ3n) is 4.28. The van der Waals surface area contributed by atoms with Gasteiger partial charge in [0.1, 0.15) is 30.0 Å². The molecule has 0 aliphatic carbocycles. The molecule has 2 aromatic heterocycles. The van der Waals surface area contributed by atoms with Gasteiger partial charge in [-0.25, -0.2) is 15.0 Å². The highest BCUT2D eigenvalue weighted by Gasteiger charge is 2.04. The Bertz CT molecular complexity index is 1170. The molecule has 0 spiro atoms. The molecule has 0 radical (unpaired) electrons. The van der Waals surface area contributed by atoms with Crippen LogP contribution < -0.4 is 14.8 Å². The van der Waals surface area contributed by atoms with Gasteiger partial charge in [0.2, 0.25) is 11.8 Å². The van der Waals surface area contributed by atoms with E-state index >= 15 is 0 Å². The Morgan fingerprint density at radius 3 is 2.52 bits per heavy atom. The highest BCUT2D eigenvalue weighted by Crippen LogP contribution is 2.22. The van der Waals surface area contributed by atoms with E-state index in [1.165, 1.54) is 12.4 Å². The van der Waals surface area contributed by atoms with Gasteiger partial charge in [-0.3, -0.25) is 9.36 Å². The maximum absolute atomic E-state index is 12.2. The lowest BCUT2D eigenvalue weighted by molar-refractivity contribution is -0.111. The molecular formula is C23H19N5O3. The molecular weight excluding hydrogens is 394 g/mol. The van der Waals surface area contributed by atoms with Crippen LogP contribution in [0.15, 0.2) is 85.7 Å². The first-order valence-electron chi connectivity index (χ1n) is 9.41. The third kappa shape index (κ3) is 5.33. The van der Waals surface area contributed by atoms with E-state index < -0.39 is 0 Å². The lowest BCUT2D eigenvalue weighted by Crippen LogP contribution is -2.07. The van der Waals surface area contributed by atoms with Crippen molar-refractivity contribution in [2.45, 2.75) is 0 Å². The molecule has 4 rings (SSSR count). The minimum atomic E-state index is -0.231. The Kier molecular flexibility index (Phi) is 5.99. The van der Waals surface area contributed by atoms with E-state index in [1.807, 2.05) is 24.3 Å². The summed E-state index contributed by atoms with van der Waals surface area (Å²) in [4.78, 5) is 24.5. The molecule has 0 atom stereocenters. The van der Waals surface area contributed by atoms with Gasteiger partial charge in [0.25, 0.3) is 0 Å².